The highest BCUT2D eigenvalue weighted by Gasteiger charge is 2.24. The summed E-state index contributed by atoms with van der Waals surface area (Å²) in [7, 11) is -3.51. The van der Waals surface area contributed by atoms with E-state index in [0.29, 0.717) is 23.2 Å². The fourth-order valence-electron chi connectivity index (χ4n) is 2.55. The lowest BCUT2D eigenvalue weighted by Crippen LogP contribution is -2.31. The van der Waals surface area contributed by atoms with Gasteiger partial charge in [0.2, 0.25) is 10.0 Å². The van der Waals surface area contributed by atoms with E-state index in [9.17, 15) is 13.2 Å². The summed E-state index contributed by atoms with van der Waals surface area (Å²) in [6.45, 7) is 2.34. The normalized spacial score (nSPS) is 15.2. The summed E-state index contributed by atoms with van der Waals surface area (Å²) in [6.07, 6.45) is 2.16. The average Bonchev–Trinajstić information content (AvgIpc) is 3.45. The lowest BCUT2D eigenvalue weighted by molar-refractivity contribution is 0.249. The first kappa shape index (κ1) is 19.7. The van der Waals surface area contributed by atoms with E-state index in [2.05, 4.69) is 15.4 Å². The van der Waals surface area contributed by atoms with Gasteiger partial charge in [-0.15, -0.1) is 0 Å². The van der Waals surface area contributed by atoms with Crippen molar-refractivity contribution in [1.82, 2.24) is 10.0 Å². The predicted octanol–water partition coefficient (Wildman–Crippen LogP) is 3.91. The predicted molar refractivity (Wildman–Crippen MR) is 106 cm³/mol. The molecule has 2 aromatic carbocycles. The molecule has 0 heterocycles. The zero-order chi connectivity index (χ0) is 19.4. The van der Waals surface area contributed by atoms with Crippen molar-refractivity contribution in [3.8, 4) is 0 Å². The van der Waals surface area contributed by atoms with Crippen LogP contribution in [0.25, 0.3) is 0 Å². The fraction of sp³-hybridized carbons (Fsp3) is 0.316. The van der Waals surface area contributed by atoms with Crippen LogP contribution in [0.4, 0.5) is 10.5 Å². The van der Waals surface area contributed by atoms with Crippen LogP contribution in [0.2, 0.25) is 5.02 Å². The van der Waals surface area contributed by atoms with Gasteiger partial charge in [0.25, 0.3) is 0 Å². The van der Waals surface area contributed by atoms with Gasteiger partial charge in [0.05, 0.1) is 10.9 Å². The molecule has 1 aliphatic rings. The van der Waals surface area contributed by atoms with Gasteiger partial charge in [-0.25, -0.2) is 17.9 Å². The highest BCUT2D eigenvalue weighted by Crippen LogP contribution is 2.28. The number of anilines is 1. The van der Waals surface area contributed by atoms with E-state index >= 15 is 0 Å². The van der Waals surface area contributed by atoms with Gasteiger partial charge in [0, 0.05) is 17.3 Å². The molecule has 0 bridgehead atoms. The third kappa shape index (κ3) is 5.69. The van der Waals surface area contributed by atoms with Gasteiger partial charge in [0.15, 0.2) is 0 Å². The summed E-state index contributed by atoms with van der Waals surface area (Å²) >= 11 is 5.87. The van der Waals surface area contributed by atoms with Crippen LogP contribution < -0.4 is 15.4 Å². The van der Waals surface area contributed by atoms with E-state index in [0.717, 1.165) is 18.4 Å². The first-order valence-electron chi connectivity index (χ1n) is 8.76. The van der Waals surface area contributed by atoms with E-state index in [1.165, 1.54) is 12.1 Å². The summed E-state index contributed by atoms with van der Waals surface area (Å²) in [5, 5.41) is 6.16. The molecule has 1 saturated carbocycles. The van der Waals surface area contributed by atoms with Crippen molar-refractivity contribution < 1.29 is 13.2 Å². The maximum atomic E-state index is 12.2. The number of carbonyl (C=O) groups is 1. The lowest BCUT2D eigenvalue weighted by atomic mass is 10.1. The van der Waals surface area contributed by atoms with Gasteiger partial charge in [-0.1, -0.05) is 23.7 Å². The van der Waals surface area contributed by atoms with Crippen LogP contribution in [-0.2, 0) is 10.0 Å². The number of halogens is 1. The molecule has 2 amide bonds. The molecule has 0 aromatic heterocycles. The van der Waals surface area contributed by atoms with E-state index in [1.54, 1.807) is 24.3 Å². The standard InChI is InChI=1S/C19H22ClN3O3S/c1-13(15-4-6-16(20)7-5-15)22-19(24)23-17-8-10-18(11-9-17)27(25,26)21-12-14-2-3-14/h4-11,13-14,21H,2-3,12H2,1H3,(H2,22,23,24)/t13-/m0/s1. The number of benzene rings is 2. The molecule has 1 fully saturated rings. The van der Waals surface area contributed by atoms with Crippen molar-refractivity contribution in [2.24, 2.45) is 5.92 Å². The number of carbonyl (C=O) groups excluding carboxylic acids is 1. The molecule has 0 unspecified atom stereocenters. The van der Waals surface area contributed by atoms with Crippen molar-refractivity contribution in [3.05, 3.63) is 59.1 Å². The summed E-state index contributed by atoms with van der Waals surface area (Å²) in [6, 6.07) is 12.8. The first-order chi connectivity index (χ1) is 12.8. The van der Waals surface area contributed by atoms with Crippen molar-refractivity contribution >= 4 is 33.3 Å². The zero-order valence-electron chi connectivity index (χ0n) is 14.9. The molecule has 1 aliphatic carbocycles. The summed E-state index contributed by atoms with van der Waals surface area (Å²) in [4.78, 5) is 12.3. The van der Waals surface area contributed by atoms with Crippen LogP contribution in [-0.4, -0.2) is 21.0 Å². The molecule has 3 N–H and O–H groups in total. The molecule has 3 rings (SSSR count). The van der Waals surface area contributed by atoms with Crippen molar-refractivity contribution in [2.45, 2.75) is 30.7 Å². The molecule has 8 heteroatoms. The minimum absolute atomic E-state index is 0.184. The Bertz CT molecular complexity index is 895. The van der Waals surface area contributed by atoms with E-state index in [1.807, 2.05) is 19.1 Å². The Labute approximate surface area is 164 Å². The Morgan fingerprint density at radius 2 is 1.74 bits per heavy atom. The first-order valence-corrected chi connectivity index (χ1v) is 10.6. The third-order valence-corrected chi connectivity index (χ3v) is 6.09. The number of nitrogens with one attached hydrogen (secondary N) is 3. The SMILES string of the molecule is C[C@H](NC(=O)Nc1ccc(S(=O)(=O)NCC2CC2)cc1)c1ccc(Cl)cc1. The molecule has 0 saturated heterocycles. The minimum Gasteiger partial charge on any atom is -0.331 e. The molecule has 1 atom stereocenters. The average molecular weight is 408 g/mol. The smallest absolute Gasteiger partial charge is 0.319 e. The quantitative estimate of drug-likeness (QED) is 0.650. The number of hydrogen-bond acceptors (Lipinski definition) is 3. The Balaban J connectivity index is 1.55. The minimum atomic E-state index is -3.51. The van der Waals surface area contributed by atoms with Gasteiger partial charge < -0.3 is 10.6 Å². The molecule has 6 nitrogen and oxygen atoms in total. The summed E-state index contributed by atoms with van der Waals surface area (Å²) in [5.74, 6) is 0.465. The molecular formula is C19H22ClN3O3S. The van der Waals surface area contributed by atoms with Crippen LogP contribution in [0.15, 0.2) is 53.4 Å². The van der Waals surface area contributed by atoms with Gasteiger partial charge >= 0.3 is 6.03 Å². The summed E-state index contributed by atoms with van der Waals surface area (Å²) in [5.41, 5.74) is 1.44. The van der Waals surface area contributed by atoms with Crippen LogP contribution in [0.3, 0.4) is 0 Å². The second-order valence-electron chi connectivity index (χ2n) is 6.69. The van der Waals surface area contributed by atoms with Gasteiger partial charge in [-0.2, -0.15) is 0 Å². The second kappa shape index (κ2) is 8.29. The molecule has 27 heavy (non-hydrogen) atoms. The molecule has 144 valence electrons. The zero-order valence-corrected chi connectivity index (χ0v) is 16.5. The Hall–Kier alpha value is -2.09. The topological polar surface area (TPSA) is 87.3 Å². The van der Waals surface area contributed by atoms with Crippen LogP contribution in [0, 0.1) is 5.92 Å². The number of urea groups is 1. The van der Waals surface area contributed by atoms with E-state index < -0.39 is 10.0 Å². The Kier molecular flexibility index (Phi) is 6.04. The molecule has 0 radical (unpaired) electrons. The van der Waals surface area contributed by atoms with Crippen molar-refractivity contribution in [3.63, 3.8) is 0 Å². The number of sulfonamides is 1. The summed E-state index contributed by atoms with van der Waals surface area (Å²) < 4.78 is 27.0. The van der Waals surface area contributed by atoms with Gasteiger partial charge in [0.1, 0.15) is 0 Å². The maximum Gasteiger partial charge on any atom is 0.319 e. The van der Waals surface area contributed by atoms with Crippen LogP contribution in [0.1, 0.15) is 31.4 Å². The van der Waals surface area contributed by atoms with E-state index in [-0.39, 0.29) is 17.0 Å². The highest BCUT2D eigenvalue weighted by molar-refractivity contribution is 7.89. The lowest BCUT2D eigenvalue weighted by Gasteiger charge is -2.15. The monoisotopic (exact) mass is 407 g/mol. The molecule has 2 aromatic rings. The van der Waals surface area contributed by atoms with Gasteiger partial charge in [-0.05, 0) is 67.6 Å². The van der Waals surface area contributed by atoms with Gasteiger partial charge in [-0.3, -0.25) is 0 Å². The number of amides is 2. The van der Waals surface area contributed by atoms with Crippen molar-refractivity contribution in [2.75, 3.05) is 11.9 Å². The highest BCUT2D eigenvalue weighted by atomic mass is 35.5. The van der Waals surface area contributed by atoms with Crippen LogP contribution >= 0.6 is 11.6 Å². The number of hydrogen-bond donors (Lipinski definition) is 3. The second-order valence-corrected chi connectivity index (χ2v) is 8.89. The van der Waals surface area contributed by atoms with Crippen molar-refractivity contribution in [1.29, 1.82) is 0 Å². The number of rotatable bonds is 7. The van der Waals surface area contributed by atoms with Crippen LogP contribution in [0.5, 0.6) is 0 Å². The third-order valence-electron chi connectivity index (χ3n) is 4.40. The fourth-order valence-corrected chi connectivity index (χ4v) is 3.79. The maximum absolute atomic E-state index is 12.2. The Morgan fingerprint density at radius 1 is 1.11 bits per heavy atom. The molecule has 0 aliphatic heterocycles. The molecular weight excluding hydrogens is 386 g/mol. The van der Waals surface area contributed by atoms with E-state index in [4.69, 9.17) is 11.6 Å². The largest absolute Gasteiger partial charge is 0.331 e. The molecule has 0 spiro atoms. The Morgan fingerprint density at radius 3 is 2.33 bits per heavy atom.